The Bertz CT molecular complexity index is 933. The predicted octanol–water partition coefficient (Wildman–Crippen LogP) is 3.07. The van der Waals surface area contributed by atoms with Gasteiger partial charge in [0.25, 0.3) is 0 Å². The number of fused-ring (bicyclic) bond motifs is 1. The average Bonchev–Trinajstić information content (AvgIpc) is 3.03. The SMILES string of the molecule is Cc1cc(NC(=O)CN(C)C(=O)/C=C/C2=Cc3cc(Cl)ccc3OC2)no1. The molecule has 1 aromatic heterocycles. The van der Waals surface area contributed by atoms with Gasteiger partial charge in [0.15, 0.2) is 5.82 Å². The highest BCUT2D eigenvalue weighted by Crippen LogP contribution is 2.29. The number of carbonyl (C=O) groups is 2. The van der Waals surface area contributed by atoms with E-state index in [2.05, 4.69) is 10.5 Å². The first kappa shape index (κ1) is 18.7. The molecule has 0 atom stereocenters. The maximum Gasteiger partial charge on any atom is 0.246 e. The molecule has 7 nitrogen and oxygen atoms in total. The van der Waals surface area contributed by atoms with E-state index < -0.39 is 0 Å². The lowest BCUT2D eigenvalue weighted by Gasteiger charge is -2.17. The van der Waals surface area contributed by atoms with E-state index in [-0.39, 0.29) is 18.4 Å². The molecule has 1 N–H and O–H groups in total. The van der Waals surface area contributed by atoms with Gasteiger partial charge in [-0.25, -0.2) is 0 Å². The number of aromatic nitrogens is 1. The van der Waals surface area contributed by atoms with E-state index in [1.54, 1.807) is 38.2 Å². The van der Waals surface area contributed by atoms with Crippen LogP contribution in [-0.4, -0.2) is 42.1 Å². The second kappa shape index (κ2) is 8.09. The zero-order valence-electron chi connectivity index (χ0n) is 14.9. The Balaban J connectivity index is 1.57. The first-order valence-corrected chi connectivity index (χ1v) is 8.58. The van der Waals surface area contributed by atoms with Crippen molar-refractivity contribution < 1.29 is 18.8 Å². The maximum atomic E-state index is 12.2. The largest absolute Gasteiger partial charge is 0.488 e. The van der Waals surface area contributed by atoms with Gasteiger partial charge >= 0.3 is 0 Å². The van der Waals surface area contributed by atoms with E-state index in [0.29, 0.717) is 23.2 Å². The summed E-state index contributed by atoms with van der Waals surface area (Å²) in [7, 11) is 1.54. The topological polar surface area (TPSA) is 84.7 Å². The van der Waals surface area contributed by atoms with Gasteiger partial charge in [-0.05, 0) is 36.8 Å². The number of ether oxygens (including phenoxy) is 1. The van der Waals surface area contributed by atoms with Crippen molar-refractivity contribution in [3.8, 4) is 5.75 Å². The quantitative estimate of drug-likeness (QED) is 0.797. The van der Waals surface area contributed by atoms with Crippen LogP contribution >= 0.6 is 11.6 Å². The Kier molecular flexibility index (Phi) is 5.61. The lowest BCUT2D eigenvalue weighted by molar-refractivity contribution is -0.129. The Morgan fingerprint density at radius 1 is 1.37 bits per heavy atom. The van der Waals surface area contributed by atoms with Crippen LogP contribution in [0.1, 0.15) is 11.3 Å². The molecule has 0 fully saturated rings. The lowest BCUT2D eigenvalue weighted by Crippen LogP contribution is -2.34. The third-order valence-corrected chi connectivity index (χ3v) is 4.03. The number of amides is 2. The second-order valence-electron chi connectivity index (χ2n) is 6.09. The normalized spacial score (nSPS) is 12.9. The number of anilines is 1. The van der Waals surface area contributed by atoms with Gasteiger partial charge in [-0.1, -0.05) is 22.8 Å². The Morgan fingerprint density at radius 3 is 2.93 bits per heavy atom. The van der Waals surface area contributed by atoms with Crippen molar-refractivity contribution in [3.63, 3.8) is 0 Å². The van der Waals surface area contributed by atoms with Gasteiger partial charge in [-0.2, -0.15) is 0 Å². The molecule has 0 saturated heterocycles. The average molecular weight is 388 g/mol. The molecule has 0 radical (unpaired) electrons. The summed E-state index contributed by atoms with van der Waals surface area (Å²) in [5.74, 6) is 0.981. The number of hydrogen-bond acceptors (Lipinski definition) is 5. The monoisotopic (exact) mass is 387 g/mol. The highest BCUT2D eigenvalue weighted by atomic mass is 35.5. The molecule has 0 aliphatic carbocycles. The molecule has 8 heteroatoms. The van der Waals surface area contributed by atoms with Crippen molar-refractivity contribution >= 4 is 35.3 Å². The minimum Gasteiger partial charge on any atom is -0.488 e. The third kappa shape index (κ3) is 4.98. The molecular weight excluding hydrogens is 370 g/mol. The number of aryl methyl sites for hydroxylation is 1. The highest BCUT2D eigenvalue weighted by molar-refractivity contribution is 6.30. The van der Waals surface area contributed by atoms with Crippen molar-refractivity contribution in [1.82, 2.24) is 10.1 Å². The molecule has 0 saturated carbocycles. The van der Waals surface area contributed by atoms with E-state index in [1.165, 1.54) is 11.0 Å². The van der Waals surface area contributed by atoms with Crippen molar-refractivity contribution in [1.29, 1.82) is 0 Å². The van der Waals surface area contributed by atoms with Crippen LogP contribution in [0.4, 0.5) is 5.82 Å². The fourth-order valence-electron chi connectivity index (χ4n) is 2.47. The number of rotatable bonds is 5. The van der Waals surface area contributed by atoms with Crippen molar-refractivity contribution in [2.45, 2.75) is 6.92 Å². The van der Waals surface area contributed by atoms with Crippen LogP contribution in [0.15, 0.2) is 46.5 Å². The molecule has 2 amide bonds. The van der Waals surface area contributed by atoms with Gasteiger partial charge in [0.1, 0.15) is 18.1 Å². The van der Waals surface area contributed by atoms with Crippen molar-refractivity contribution in [2.24, 2.45) is 0 Å². The van der Waals surface area contributed by atoms with Gasteiger partial charge in [-0.3, -0.25) is 9.59 Å². The smallest absolute Gasteiger partial charge is 0.246 e. The number of benzene rings is 1. The number of carbonyl (C=O) groups excluding carboxylic acids is 2. The maximum absolute atomic E-state index is 12.2. The summed E-state index contributed by atoms with van der Waals surface area (Å²) in [4.78, 5) is 25.5. The van der Waals surface area contributed by atoms with E-state index in [9.17, 15) is 9.59 Å². The zero-order valence-corrected chi connectivity index (χ0v) is 15.6. The standard InChI is InChI=1S/C19H18ClN3O4/c1-12-7-17(22-27-12)21-18(24)10-23(2)19(25)6-3-13-8-14-9-15(20)4-5-16(14)26-11-13/h3-9H,10-11H2,1-2H3,(H,21,22,24)/b6-3+. The molecule has 1 aromatic carbocycles. The van der Waals surface area contributed by atoms with Gasteiger partial charge < -0.3 is 19.5 Å². The minimum absolute atomic E-state index is 0.108. The number of nitrogens with one attached hydrogen (secondary N) is 1. The first-order chi connectivity index (χ1) is 12.9. The Labute approximate surface area is 161 Å². The van der Waals surface area contributed by atoms with Crippen LogP contribution in [-0.2, 0) is 9.59 Å². The minimum atomic E-state index is -0.365. The first-order valence-electron chi connectivity index (χ1n) is 8.20. The number of likely N-dealkylation sites (N-methyl/N-ethyl adjacent to an activating group) is 1. The van der Waals surface area contributed by atoms with Crippen LogP contribution in [0.2, 0.25) is 5.02 Å². The molecule has 1 aliphatic rings. The zero-order chi connectivity index (χ0) is 19.4. The lowest BCUT2D eigenvalue weighted by atomic mass is 10.1. The Hall–Kier alpha value is -3.06. The number of hydrogen-bond donors (Lipinski definition) is 1. The fraction of sp³-hybridized carbons (Fsp3) is 0.211. The van der Waals surface area contributed by atoms with E-state index in [1.807, 2.05) is 12.1 Å². The highest BCUT2D eigenvalue weighted by Gasteiger charge is 2.14. The Morgan fingerprint density at radius 2 is 2.19 bits per heavy atom. The second-order valence-corrected chi connectivity index (χ2v) is 6.53. The molecule has 3 rings (SSSR count). The van der Waals surface area contributed by atoms with Crippen LogP contribution in [0.25, 0.3) is 6.08 Å². The van der Waals surface area contributed by atoms with E-state index in [0.717, 1.165) is 16.9 Å². The molecule has 0 spiro atoms. The van der Waals surface area contributed by atoms with Crippen LogP contribution in [0.5, 0.6) is 5.75 Å². The van der Waals surface area contributed by atoms with E-state index >= 15 is 0 Å². The van der Waals surface area contributed by atoms with Crippen molar-refractivity contribution in [3.05, 3.63) is 58.3 Å². The van der Waals surface area contributed by atoms with E-state index in [4.69, 9.17) is 20.9 Å². The molecule has 0 bridgehead atoms. The molecule has 0 unspecified atom stereocenters. The van der Waals surface area contributed by atoms with Gasteiger partial charge in [0, 0.05) is 29.8 Å². The van der Waals surface area contributed by atoms with Crippen LogP contribution in [0, 0.1) is 6.92 Å². The third-order valence-electron chi connectivity index (χ3n) is 3.80. The summed E-state index contributed by atoms with van der Waals surface area (Å²) in [6.07, 6.45) is 4.98. The van der Waals surface area contributed by atoms with Gasteiger partial charge in [0.2, 0.25) is 11.8 Å². The fourth-order valence-corrected chi connectivity index (χ4v) is 2.65. The number of halogens is 1. The number of nitrogens with zero attached hydrogens (tertiary/aromatic N) is 2. The van der Waals surface area contributed by atoms with Crippen LogP contribution < -0.4 is 10.1 Å². The summed E-state index contributed by atoms with van der Waals surface area (Å²) in [5.41, 5.74) is 1.69. The summed E-state index contributed by atoms with van der Waals surface area (Å²) in [6.45, 7) is 1.97. The van der Waals surface area contributed by atoms with Crippen LogP contribution in [0.3, 0.4) is 0 Å². The predicted molar refractivity (Wildman–Crippen MR) is 102 cm³/mol. The molecule has 2 heterocycles. The summed E-state index contributed by atoms with van der Waals surface area (Å²) >= 11 is 5.99. The van der Waals surface area contributed by atoms with Crippen molar-refractivity contribution in [2.75, 3.05) is 25.5 Å². The summed E-state index contributed by atoms with van der Waals surface area (Å²) in [5, 5.41) is 6.85. The molecule has 2 aromatic rings. The molecule has 1 aliphatic heterocycles. The molecular formula is C19H18ClN3O4. The van der Waals surface area contributed by atoms with Gasteiger partial charge in [-0.15, -0.1) is 0 Å². The van der Waals surface area contributed by atoms with Gasteiger partial charge in [0.05, 0.1) is 6.54 Å². The molecule has 27 heavy (non-hydrogen) atoms. The molecule has 140 valence electrons. The summed E-state index contributed by atoms with van der Waals surface area (Å²) in [6, 6.07) is 6.97. The summed E-state index contributed by atoms with van der Waals surface area (Å²) < 4.78 is 10.5.